The largest absolute Gasteiger partial charge is 0.506 e. The molecule has 1 N–H and O–H groups in total. The second-order valence-corrected chi connectivity index (χ2v) is 10.5. The smallest absolute Gasteiger partial charge is 0.344 e. The van der Waals surface area contributed by atoms with Gasteiger partial charge in [0.25, 0.3) is 5.91 Å². The second kappa shape index (κ2) is 12.3. The van der Waals surface area contributed by atoms with Crippen LogP contribution in [0.2, 0.25) is 0 Å². The predicted octanol–water partition coefficient (Wildman–Crippen LogP) is 7.35. The average molecular weight is 593 g/mol. The van der Waals surface area contributed by atoms with Crippen molar-refractivity contribution in [2.45, 2.75) is 27.4 Å². The second-order valence-electron chi connectivity index (χ2n) is 8.55. The van der Waals surface area contributed by atoms with Crippen molar-refractivity contribution < 1.29 is 24.2 Å². The molecule has 1 aliphatic rings. The summed E-state index contributed by atoms with van der Waals surface area (Å²) >= 11 is 4.52. The van der Waals surface area contributed by atoms with Gasteiger partial charge in [-0.15, -0.1) is 0 Å². The highest BCUT2D eigenvalue weighted by Gasteiger charge is 2.34. The van der Waals surface area contributed by atoms with Gasteiger partial charge in [-0.1, -0.05) is 75.7 Å². The third-order valence-electron chi connectivity index (χ3n) is 5.72. The van der Waals surface area contributed by atoms with E-state index in [1.165, 1.54) is 5.56 Å². The molecule has 0 saturated carbocycles. The molecular formula is C30H26BrNO5S. The van der Waals surface area contributed by atoms with Gasteiger partial charge in [0.05, 0.1) is 11.5 Å². The van der Waals surface area contributed by atoms with Gasteiger partial charge in [0.1, 0.15) is 28.7 Å². The number of aliphatic hydroxyl groups excluding tert-OH is 1. The Bertz CT molecular complexity index is 1470. The summed E-state index contributed by atoms with van der Waals surface area (Å²) in [5, 5.41) is 11.1. The number of nitrogens with zero attached hydrogens (tertiary/aromatic N) is 1. The van der Waals surface area contributed by atoms with E-state index >= 15 is 0 Å². The molecule has 194 valence electrons. The molecule has 0 spiro atoms. The first kappa shape index (κ1) is 27.4. The van der Waals surface area contributed by atoms with Crippen molar-refractivity contribution in [3.05, 3.63) is 115 Å². The molecule has 0 aromatic heterocycles. The Kier molecular flexibility index (Phi) is 8.86. The lowest BCUT2D eigenvalue weighted by molar-refractivity contribution is -0.138. The molecule has 0 fully saturated rings. The van der Waals surface area contributed by atoms with Gasteiger partial charge in [-0.25, -0.2) is 9.79 Å². The molecule has 8 heteroatoms. The fraction of sp³-hybridized carbons (Fsp3) is 0.167. The quantitative estimate of drug-likeness (QED) is 0.289. The molecule has 4 rings (SSSR count). The SMILES string of the molecule is CCOC(=O)C1=C(O)/C(=C/c2cc(Br)ccc2OCc2ccc(C)cc2)SC1=NC(=O)c1ccccc1C. The van der Waals surface area contributed by atoms with E-state index in [-0.39, 0.29) is 23.0 Å². The Morgan fingerprint density at radius 2 is 1.79 bits per heavy atom. The number of aryl methyl sites for hydroxylation is 2. The number of aliphatic imine (C=N–C) groups is 1. The van der Waals surface area contributed by atoms with Gasteiger partial charge in [-0.2, -0.15) is 0 Å². The molecule has 0 unspecified atom stereocenters. The number of hydrogen-bond donors (Lipinski definition) is 1. The number of ether oxygens (including phenoxy) is 2. The van der Waals surface area contributed by atoms with E-state index in [2.05, 4.69) is 20.9 Å². The summed E-state index contributed by atoms with van der Waals surface area (Å²) in [6, 6.07) is 20.7. The van der Waals surface area contributed by atoms with Crippen LogP contribution >= 0.6 is 27.7 Å². The average Bonchev–Trinajstić information content (AvgIpc) is 3.19. The van der Waals surface area contributed by atoms with Crippen LogP contribution in [0.15, 0.2) is 92.4 Å². The zero-order valence-electron chi connectivity index (χ0n) is 21.2. The van der Waals surface area contributed by atoms with Gasteiger partial charge in [0.15, 0.2) is 0 Å². The molecule has 1 aliphatic heterocycles. The molecule has 1 heterocycles. The van der Waals surface area contributed by atoms with E-state index in [0.29, 0.717) is 28.4 Å². The predicted molar refractivity (Wildman–Crippen MR) is 154 cm³/mol. The Balaban J connectivity index is 1.69. The van der Waals surface area contributed by atoms with E-state index in [4.69, 9.17) is 9.47 Å². The number of hydrogen-bond acceptors (Lipinski definition) is 6. The minimum absolute atomic E-state index is 0.0811. The topological polar surface area (TPSA) is 85.2 Å². The van der Waals surface area contributed by atoms with E-state index < -0.39 is 11.9 Å². The standard InChI is InChI=1S/C30H26BrNO5S/c1-4-36-30(35)26-27(33)25(38-29(26)32-28(34)23-8-6-5-7-19(23)3)16-21-15-22(31)13-14-24(21)37-17-20-11-9-18(2)10-12-20/h5-16,33H,4,17H2,1-3H3/b25-16-,32-29?. The van der Waals surface area contributed by atoms with Crippen LogP contribution in [0.25, 0.3) is 6.08 Å². The van der Waals surface area contributed by atoms with Crippen molar-refractivity contribution in [1.82, 2.24) is 0 Å². The molecule has 0 radical (unpaired) electrons. The zero-order chi connectivity index (χ0) is 27.2. The summed E-state index contributed by atoms with van der Waals surface area (Å²) in [7, 11) is 0. The zero-order valence-corrected chi connectivity index (χ0v) is 23.6. The molecule has 38 heavy (non-hydrogen) atoms. The van der Waals surface area contributed by atoms with Crippen LogP contribution in [0.1, 0.15) is 39.5 Å². The maximum atomic E-state index is 13.0. The van der Waals surface area contributed by atoms with Crippen molar-refractivity contribution >= 4 is 50.7 Å². The van der Waals surface area contributed by atoms with Crippen molar-refractivity contribution in [1.29, 1.82) is 0 Å². The highest BCUT2D eigenvalue weighted by Crippen LogP contribution is 2.41. The molecule has 6 nitrogen and oxygen atoms in total. The lowest BCUT2D eigenvalue weighted by Crippen LogP contribution is -2.14. The summed E-state index contributed by atoms with van der Waals surface area (Å²) in [5.74, 6) is -0.962. The number of esters is 1. The lowest BCUT2D eigenvalue weighted by atomic mass is 10.1. The molecule has 0 aliphatic carbocycles. The third kappa shape index (κ3) is 6.44. The summed E-state index contributed by atoms with van der Waals surface area (Å²) < 4.78 is 12.1. The summed E-state index contributed by atoms with van der Waals surface area (Å²) in [6.45, 7) is 5.98. The summed E-state index contributed by atoms with van der Waals surface area (Å²) in [5.41, 5.74) is 3.90. The van der Waals surface area contributed by atoms with E-state index in [1.807, 2.05) is 68.4 Å². The molecule has 0 saturated heterocycles. The minimum Gasteiger partial charge on any atom is -0.506 e. The number of aliphatic hydroxyl groups is 1. The molecule has 3 aromatic rings. The number of benzene rings is 3. The first-order valence-corrected chi connectivity index (χ1v) is 13.5. The maximum Gasteiger partial charge on any atom is 0.344 e. The van der Waals surface area contributed by atoms with Gasteiger partial charge < -0.3 is 14.6 Å². The first-order chi connectivity index (χ1) is 18.3. The maximum absolute atomic E-state index is 13.0. The van der Waals surface area contributed by atoms with Crippen molar-refractivity contribution in [2.24, 2.45) is 4.99 Å². The summed E-state index contributed by atoms with van der Waals surface area (Å²) in [4.78, 5) is 30.3. The molecular weight excluding hydrogens is 566 g/mol. The van der Waals surface area contributed by atoms with Crippen LogP contribution in [0, 0.1) is 13.8 Å². The minimum atomic E-state index is -0.748. The number of rotatable bonds is 7. The van der Waals surface area contributed by atoms with Gasteiger partial charge in [0.2, 0.25) is 0 Å². The van der Waals surface area contributed by atoms with Crippen LogP contribution in [0.5, 0.6) is 5.75 Å². The van der Waals surface area contributed by atoms with E-state index in [1.54, 1.807) is 25.1 Å². The van der Waals surface area contributed by atoms with E-state index in [0.717, 1.165) is 27.4 Å². The van der Waals surface area contributed by atoms with Crippen LogP contribution < -0.4 is 4.74 Å². The number of carbonyl (C=O) groups excluding carboxylic acids is 2. The Labute approximate surface area is 234 Å². The van der Waals surface area contributed by atoms with Crippen LogP contribution in [0.4, 0.5) is 0 Å². The fourth-order valence-electron chi connectivity index (χ4n) is 3.71. The van der Waals surface area contributed by atoms with E-state index in [9.17, 15) is 14.7 Å². The normalized spacial score (nSPS) is 15.3. The van der Waals surface area contributed by atoms with Crippen LogP contribution in [-0.2, 0) is 16.1 Å². The fourth-order valence-corrected chi connectivity index (χ4v) is 5.09. The van der Waals surface area contributed by atoms with Crippen LogP contribution in [-0.4, -0.2) is 28.6 Å². The third-order valence-corrected chi connectivity index (χ3v) is 7.24. The lowest BCUT2D eigenvalue weighted by Gasteiger charge is -2.11. The Hall–Kier alpha value is -3.62. The van der Waals surface area contributed by atoms with Gasteiger partial charge in [-0.3, -0.25) is 4.79 Å². The van der Waals surface area contributed by atoms with Gasteiger partial charge >= 0.3 is 5.97 Å². The number of amides is 1. The molecule has 0 atom stereocenters. The Morgan fingerprint density at radius 3 is 2.50 bits per heavy atom. The highest BCUT2D eigenvalue weighted by atomic mass is 79.9. The summed E-state index contributed by atoms with van der Waals surface area (Å²) in [6.07, 6.45) is 1.70. The van der Waals surface area contributed by atoms with Gasteiger partial charge in [0, 0.05) is 15.6 Å². The first-order valence-electron chi connectivity index (χ1n) is 11.9. The number of halogens is 1. The highest BCUT2D eigenvalue weighted by molar-refractivity contribution is 9.10. The molecule has 1 amide bonds. The number of carbonyl (C=O) groups is 2. The Morgan fingerprint density at radius 1 is 1.05 bits per heavy atom. The number of thioether (sulfide) groups is 1. The molecule has 0 bridgehead atoms. The molecule has 3 aromatic carbocycles. The van der Waals surface area contributed by atoms with Crippen LogP contribution in [0.3, 0.4) is 0 Å². The van der Waals surface area contributed by atoms with Gasteiger partial charge in [-0.05, 0) is 62.2 Å². The monoisotopic (exact) mass is 591 g/mol. The van der Waals surface area contributed by atoms with Crippen molar-refractivity contribution in [2.75, 3.05) is 6.61 Å². The van der Waals surface area contributed by atoms with Crippen molar-refractivity contribution in [3.8, 4) is 5.75 Å². The van der Waals surface area contributed by atoms with Crippen molar-refractivity contribution in [3.63, 3.8) is 0 Å².